The number of anilines is 2. The van der Waals surface area contributed by atoms with Crippen LogP contribution in [0.3, 0.4) is 0 Å². The lowest BCUT2D eigenvalue weighted by molar-refractivity contribution is -0.141. The van der Waals surface area contributed by atoms with Gasteiger partial charge in [0.25, 0.3) is 0 Å². The van der Waals surface area contributed by atoms with Crippen LogP contribution < -0.4 is 11.1 Å². The fraction of sp³-hybridized carbons (Fsp3) is 0.615. The molecule has 20 heavy (non-hydrogen) atoms. The Labute approximate surface area is 116 Å². The summed E-state index contributed by atoms with van der Waals surface area (Å²) in [7, 11) is 2.03. The second-order valence-corrected chi connectivity index (χ2v) is 5.17. The smallest absolute Gasteiger partial charge is 0.396 e. The lowest BCUT2D eigenvalue weighted by Gasteiger charge is -2.32. The van der Waals surface area contributed by atoms with Crippen molar-refractivity contribution in [1.82, 2.24) is 9.88 Å². The van der Waals surface area contributed by atoms with Gasteiger partial charge in [-0.25, -0.2) is 4.98 Å². The Balaban J connectivity index is 2.05. The largest absolute Gasteiger partial charge is 0.433 e. The highest BCUT2D eigenvalue weighted by molar-refractivity contribution is 5.65. The van der Waals surface area contributed by atoms with Crippen LogP contribution in [0.4, 0.5) is 24.5 Å². The minimum atomic E-state index is -4.45. The Morgan fingerprint density at radius 2 is 2.20 bits per heavy atom. The van der Waals surface area contributed by atoms with Crippen LogP contribution >= 0.6 is 0 Å². The second kappa shape index (κ2) is 5.87. The van der Waals surface area contributed by atoms with Gasteiger partial charge in [0, 0.05) is 12.6 Å². The van der Waals surface area contributed by atoms with E-state index in [0.29, 0.717) is 18.3 Å². The topological polar surface area (TPSA) is 54.2 Å². The van der Waals surface area contributed by atoms with E-state index in [1.807, 2.05) is 7.05 Å². The first-order valence-electron chi connectivity index (χ1n) is 6.65. The predicted molar refractivity (Wildman–Crippen MR) is 72.4 cm³/mol. The first kappa shape index (κ1) is 14.9. The summed E-state index contributed by atoms with van der Waals surface area (Å²) in [5.74, 6) is 0. The number of alkyl halides is 3. The number of nitrogens with two attached hydrogens (primary N) is 1. The molecule has 7 heteroatoms. The Morgan fingerprint density at radius 3 is 2.85 bits per heavy atom. The monoisotopic (exact) mass is 288 g/mol. The van der Waals surface area contributed by atoms with Gasteiger partial charge >= 0.3 is 6.18 Å². The van der Waals surface area contributed by atoms with Crippen LogP contribution in [-0.4, -0.2) is 36.1 Å². The molecule has 3 N–H and O–H groups in total. The van der Waals surface area contributed by atoms with Gasteiger partial charge < -0.3 is 16.0 Å². The molecule has 112 valence electrons. The van der Waals surface area contributed by atoms with E-state index in [9.17, 15) is 13.2 Å². The minimum Gasteiger partial charge on any atom is -0.396 e. The quantitative estimate of drug-likeness (QED) is 0.897. The van der Waals surface area contributed by atoms with Crippen LogP contribution in [0.1, 0.15) is 25.0 Å². The molecule has 1 fully saturated rings. The van der Waals surface area contributed by atoms with Crippen molar-refractivity contribution in [1.29, 1.82) is 0 Å². The summed E-state index contributed by atoms with van der Waals surface area (Å²) in [5, 5.41) is 3.02. The number of pyridine rings is 1. The molecule has 1 unspecified atom stereocenters. The van der Waals surface area contributed by atoms with Crippen molar-refractivity contribution in [2.45, 2.75) is 31.5 Å². The lowest BCUT2D eigenvalue weighted by Crippen LogP contribution is -2.40. The number of nitrogen functional groups attached to an aromatic ring is 1. The number of nitrogens with one attached hydrogen (secondary N) is 1. The van der Waals surface area contributed by atoms with Crippen molar-refractivity contribution in [2.24, 2.45) is 0 Å². The van der Waals surface area contributed by atoms with E-state index in [1.54, 1.807) is 0 Å². The molecule has 1 saturated heterocycles. The van der Waals surface area contributed by atoms with Crippen LogP contribution in [0.5, 0.6) is 0 Å². The number of likely N-dealkylation sites (N-methyl/N-ethyl adjacent to an activating group) is 1. The van der Waals surface area contributed by atoms with E-state index in [0.717, 1.165) is 31.6 Å². The van der Waals surface area contributed by atoms with E-state index in [2.05, 4.69) is 15.2 Å². The van der Waals surface area contributed by atoms with Crippen LogP contribution in [0.25, 0.3) is 0 Å². The van der Waals surface area contributed by atoms with Crippen molar-refractivity contribution >= 4 is 11.4 Å². The molecule has 2 heterocycles. The van der Waals surface area contributed by atoms with Crippen LogP contribution in [0.2, 0.25) is 0 Å². The Kier molecular flexibility index (Phi) is 4.37. The van der Waals surface area contributed by atoms with Crippen molar-refractivity contribution < 1.29 is 13.2 Å². The van der Waals surface area contributed by atoms with Crippen LogP contribution in [-0.2, 0) is 6.18 Å². The minimum absolute atomic E-state index is 0.233. The average molecular weight is 288 g/mol. The van der Waals surface area contributed by atoms with Gasteiger partial charge in [-0.3, -0.25) is 0 Å². The number of likely N-dealkylation sites (tertiary alicyclic amines) is 1. The van der Waals surface area contributed by atoms with E-state index in [1.165, 1.54) is 6.42 Å². The molecule has 0 amide bonds. The zero-order chi connectivity index (χ0) is 14.8. The first-order valence-corrected chi connectivity index (χ1v) is 6.65. The van der Waals surface area contributed by atoms with Gasteiger partial charge in [0.1, 0.15) is 5.69 Å². The molecule has 0 bridgehead atoms. The van der Waals surface area contributed by atoms with Crippen molar-refractivity contribution in [3.63, 3.8) is 0 Å². The number of halogens is 3. The number of hydrogen-bond donors (Lipinski definition) is 2. The lowest BCUT2D eigenvalue weighted by atomic mass is 10.0. The summed E-state index contributed by atoms with van der Waals surface area (Å²) in [6.07, 6.45) is -0.0406. The number of aromatic nitrogens is 1. The van der Waals surface area contributed by atoms with Crippen molar-refractivity contribution in [2.75, 3.05) is 31.2 Å². The van der Waals surface area contributed by atoms with Crippen LogP contribution in [0.15, 0.2) is 12.3 Å². The van der Waals surface area contributed by atoms with Gasteiger partial charge in [-0.05, 0) is 32.5 Å². The van der Waals surface area contributed by atoms with Crippen molar-refractivity contribution in [3.8, 4) is 0 Å². The van der Waals surface area contributed by atoms with Gasteiger partial charge in [-0.15, -0.1) is 0 Å². The zero-order valence-corrected chi connectivity index (χ0v) is 11.4. The zero-order valence-electron chi connectivity index (χ0n) is 11.4. The second-order valence-electron chi connectivity index (χ2n) is 5.17. The molecule has 0 radical (unpaired) electrons. The maximum atomic E-state index is 12.6. The molecule has 0 spiro atoms. The third kappa shape index (κ3) is 3.53. The highest BCUT2D eigenvalue weighted by Gasteiger charge is 2.33. The standard InChI is InChI=1S/C13H19F3N4/c1-20-5-3-2-4-9(20)7-18-11-6-12(13(14,15)16)19-8-10(11)17/h6,8-9H,2-5,7,17H2,1H3,(H,18,19). The maximum Gasteiger partial charge on any atom is 0.433 e. The molecule has 0 saturated carbocycles. The fourth-order valence-electron chi connectivity index (χ4n) is 2.40. The van der Waals surface area contributed by atoms with Crippen molar-refractivity contribution in [3.05, 3.63) is 18.0 Å². The summed E-state index contributed by atoms with van der Waals surface area (Å²) in [5.41, 5.74) is 5.28. The summed E-state index contributed by atoms with van der Waals surface area (Å²) in [6.45, 7) is 1.61. The van der Waals surface area contributed by atoms with E-state index in [-0.39, 0.29) is 5.69 Å². The summed E-state index contributed by atoms with van der Waals surface area (Å²) in [6, 6.07) is 1.30. The summed E-state index contributed by atoms with van der Waals surface area (Å²) in [4.78, 5) is 5.54. The third-order valence-electron chi connectivity index (χ3n) is 3.67. The van der Waals surface area contributed by atoms with Gasteiger partial charge in [0.15, 0.2) is 0 Å². The van der Waals surface area contributed by atoms with Crippen LogP contribution in [0, 0.1) is 0 Å². The molecule has 0 aromatic carbocycles. The summed E-state index contributed by atoms with van der Waals surface area (Å²) < 4.78 is 37.9. The molecule has 1 aromatic rings. The Bertz CT molecular complexity index is 461. The van der Waals surface area contributed by atoms with Gasteiger partial charge in [0.05, 0.1) is 17.6 Å². The molecule has 1 aliphatic rings. The van der Waals surface area contributed by atoms with Gasteiger partial charge in [-0.2, -0.15) is 13.2 Å². The van der Waals surface area contributed by atoms with E-state index in [4.69, 9.17) is 5.73 Å². The number of hydrogen-bond acceptors (Lipinski definition) is 4. The highest BCUT2D eigenvalue weighted by Crippen LogP contribution is 2.31. The fourth-order valence-corrected chi connectivity index (χ4v) is 2.40. The van der Waals surface area contributed by atoms with E-state index < -0.39 is 11.9 Å². The molecule has 1 aliphatic heterocycles. The number of piperidine rings is 1. The predicted octanol–water partition coefficient (Wildman–Crippen LogP) is 2.58. The SMILES string of the molecule is CN1CCCCC1CNc1cc(C(F)(F)F)ncc1N. The molecular weight excluding hydrogens is 269 g/mol. The molecule has 1 aromatic heterocycles. The molecule has 2 rings (SSSR count). The maximum absolute atomic E-state index is 12.6. The number of rotatable bonds is 3. The highest BCUT2D eigenvalue weighted by atomic mass is 19.4. The van der Waals surface area contributed by atoms with Gasteiger partial charge in [0.2, 0.25) is 0 Å². The molecular formula is C13H19F3N4. The molecule has 4 nitrogen and oxygen atoms in total. The van der Waals surface area contributed by atoms with E-state index >= 15 is 0 Å². The number of nitrogens with zero attached hydrogens (tertiary/aromatic N) is 2. The Hall–Kier alpha value is -1.50. The summed E-state index contributed by atoms with van der Waals surface area (Å²) >= 11 is 0. The first-order chi connectivity index (χ1) is 9.38. The normalized spacial score (nSPS) is 20.9. The Morgan fingerprint density at radius 1 is 1.45 bits per heavy atom. The molecule has 1 atom stereocenters. The third-order valence-corrected chi connectivity index (χ3v) is 3.67. The van der Waals surface area contributed by atoms with Gasteiger partial charge in [-0.1, -0.05) is 6.42 Å². The molecule has 0 aliphatic carbocycles. The average Bonchev–Trinajstić information content (AvgIpc) is 2.38.